The molecule has 0 bridgehead atoms. The number of amides is 1. The van der Waals surface area contributed by atoms with Crippen LogP contribution in [-0.4, -0.2) is 36.9 Å². The number of hydrogen-bond donors (Lipinski definition) is 2. The van der Waals surface area contributed by atoms with Gasteiger partial charge in [0.05, 0.1) is 6.54 Å². The molecule has 0 fully saturated rings. The van der Waals surface area contributed by atoms with Gasteiger partial charge in [0.2, 0.25) is 5.91 Å². The second kappa shape index (κ2) is 10.5. The number of carbonyl (C=O) groups is 1. The number of rotatable bonds is 4. The molecule has 6 heteroatoms. The van der Waals surface area contributed by atoms with E-state index in [1.54, 1.807) is 7.05 Å². The van der Waals surface area contributed by atoms with Crippen LogP contribution in [0.3, 0.4) is 0 Å². The van der Waals surface area contributed by atoms with Crippen LogP contribution in [0, 0.1) is 13.8 Å². The van der Waals surface area contributed by atoms with Gasteiger partial charge in [0.25, 0.3) is 0 Å². The van der Waals surface area contributed by atoms with Crippen LogP contribution in [0.1, 0.15) is 27.8 Å². The number of hydrogen-bond acceptors (Lipinski definition) is 2. The van der Waals surface area contributed by atoms with Crippen molar-refractivity contribution in [2.75, 3.05) is 20.1 Å². The van der Waals surface area contributed by atoms with Crippen LogP contribution in [-0.2, 0) is 24.3 Å². The van der Waals surface area contributed by atoms with Gasteiger partial charge in [-0.05, 0) is 42.5 Å². The largest absolute Gasteiger partial charge is 0.352 e. The van der Waals surface area contributed by atoms with Crippen LogP contribution in [0.5, 0.6) is 0 Å². The highest BCUT2D eigenvalue weighted by molar-refractivity contribution is 14.0. The number of nitrogens with one attached hydrogen (secondary N) is 2. The van der Waals surface area contributed by atoms with Gasteiger partial charge < -0.3 is 15.5 Å². The van der Waals surface area contributed by atoms with Gasteiger partial charge in [0.1, 0.15) is 0 Å². The van der Waals surface area contributed by atoms with Gasteiger partial charge in [-0.3, -0.25) is 9.79 Å². The molecule has 0 aromatic heterocycles. The van der Waals surface area contributed by atoms with Crippen molar-refractivity contribution in [1.82, 2.24) is 15.5 Å². The number of nitrogens with zero attached hydrogens (tertiary/aromatic N) is 2. The highest BCUT2D eigenvalue weighted by atomic mass is 127. The van der Waals surface area contributed by atoms with Crippen LogP contribution in [0.15, 0.2) is 47.5 Å². The van der Waals surface area contributed by atoms with E-state index in [0.717, 1.165) is 13.0 Å². The summed E-state index contributed by atoms with van der Waals surface area (Å²) in [5.74, 6) is 0.736. The third kappa shape index (κ3) is 5.70. The molecule has 0 saturated carbocycles. The Morgan fingerprint density at radius 3 is 2.57 bits per heavy atom. The summed E-state index contributed by atoms with van der Waals surface area (Å²) in [6.45, 7) is 6.58. The molecule has 2 N–H and O–H groups in total. The summed E-state index contributed by atoms with van der Waals surface area (Å²) in [5, 5.41) is 6.43. The molecule has 2 aromatic carbocycles. The van der Waals surface area contributed by atoms with Gasteiger partial charge in [-0.25, -0.2) is 0 Å². The Hall–Kier alpha value is -2.09. The lowest BCUT2D eigenvalue weighted by Gasteiger charge is -2.29. The van der Waals surface area contributed by atoms with E-state index in [0.29, 0.717) is 19.0 Å². The molecular formula is C22H29IN4O. The SMILES string of the molecule is CN=C(NCC(=O)N1CCc2ccccc2C1)NCc1ccc(C)cc1C.I. The zero-order valence-corrected chi connectivity index (χ0v) is 19.1. The van der Waals surface area contributed by atoms with Gasteiger partial charge in [0.15, 0.2) is 5.96 Å². The van der Waals surface area contributed by atoms with E-state index in [9.17, 15) is 4.79 Å². The van der Waals surface area contributed by atoms with Crippen molar-refractivity contribution in [2.45, 2.75) is 33.4 Å². The first-order valence-corrected chi connectivity index (χ1v) is 9.42. The summed E-state index contributed by atoms with van der Waals surface area (Å²) in [7, 11) is 1.72. The lowest BCUT2D eigenvalue weighted by Crippen LogP contribution is -2.45. The first-order chi connectivity index (χ1) is 13.1. The molecule has 2 aromatic rings. The second-order valence-electron chi connectivity index (χ2n) is 7.04. The Balaban J connectivity index is 0.00000280. The normalized spacial score (nSPS) is 13.4. The fraction of sp³-hybridized carbons (Fsp3) is 0.364. The highest BCUT2D eigenvalue weighted by Gasteiger charge is 2.20. The summed E-state index contributed by atoms with van der Waals surface area (Å²) in [5.41, 5.74) is 6.32. The zero-order chi connectivity index (χ0) is 19.2. The van der Waals surface area contributed by atoms with E-state index in [1.807, 2.05) is 11.0 Å². The molecule has 1 heterocycles. The number of benzene rings is 2. The monoisotopic (exact) mass is 492 g/mol. The van der Waals surface area contributed by atoms with E-state index < -0.39 is 0 Å². The van der Waals surface area contributed by atoms with Gasteiger partial charge >= 0.3 is 0 Å². The molecule has 0 spiro atoms. The van der Waals surface area contributed by atoms with Crippen molar-refractivity contribution in [3.05, 3.63) is 70.3 Å². The number of fused-ring (bicyclic) bond motifs is 1. The Morgan fingerprint density at radius 1 is 1.11 bits per heavy atom. The van der Waals surface area contributed by atoms with Gasteiger partial charge in [-0.2, -0.15) is 0 Å². The first-order valence-electron chi connectivity index (χ1n) is 9.42. The van der Waals surface area contributed by atoms with E-state index in [-0.39, 0.29) is 36.4 Å². The van der Waals surface area contributed by atoms with Crippen LogP contribution >= 0.6 is 24.0 Å². The molecule has 1 aliphatic heterocycles. The molecule has 0 unspecified atom stereocenters. The standard InChI is InChI=1S/C22H28N4O.HI/c1-16-8-9-19(17(2)12-16)13-24-22(23-3)25-14-21(27)26-11-10-18-6-4-5-7-20(18)15-26;/h4-9,12H,10-11,13-15H2,1-3H3,(H2,23,24,25);1H. The predicted octanol–water partition coefficient (Wildman–Crippen LogP) is 3.17. The first kappa shape index (κ1) is 22.2. The number of carbonyl (C=O) groups excluding carboxylic acids is 1. The molecule has 1 aliphatic rings. The second-order valence-corrected chi connectivity index (χ2v) is 7.04. The molecule has 3 rings (SSSR count). The predicted molar refractivity (Wildman–Crippen MR) is 125 cm³/mol. The fourth-order valence-electron chi connectivity index (χ4n) is 3.42. The summed E-state index contributed by atoms with van der Waals surface area (Å²) >= 11 is 0. The number of aryl methyl sites for hydroxylation is 2. The maximum Gasteiger partial charge on any atom is 0.242 e. The summed E-state index contributed by atoms with van der Waals surface area (Å²) < 4.78 is 0. The molecular weight excluding hydrogens is 463 g/mol. The summed E-state index contributed by atoms with van der Waals surface area (Å²) in [6.07, 6.45) is 0.918. The third-order valence-corrected chi connectivity index (χ3v) is 5.06. The highest BCUT2D eigenvalue weighted by Crippen LogP contribution is 2.18. The molecule has 5 nitrogen and oxygen atoms in total. The van der Waals surface area contributed by atoms with Crippen molar-refractivity contribution in [3.63, 3.8) is 0 Å². The molecule has 0 radical (unpaired) electrons. The molecule has 0 saturated heterocycles. The maximum absolute atomic E-state index is 12.6. The minimum absolute atomic E-state index is 0. The lowest BCUT2D eigenvalue weighted by molar-refractivity contribution is -0.130. The maximum atomic E-state index is 12.6. The van der Waals surface area contributed by atoms with Crippen molar-refractivity contribution in [2.24, 2.45) is 4.99 Å². The van der Waals surface area contributed by atoms with Gasteiger partial charge in [-0.15, -0.1) is 24.0 Å². The van der Waals surface area contributed by atoms with E-state index in [2.05, 4.69) is 65.9 Å². The van der Waals surface area contributed by atoms with Gasteiger partial charge in [-0.1, -0.05) is 48.0 Å². The van der Waals surface area contributed by atoms with E-state index >= 15 is 0 Å². The van der Waals surface area contributed by atoms with Crippen LogP contribution < -0.4 is 10.6 Å². The molecule has 28 heavy (non-hydrogen) atoms. The van der Waals surface area contributed by atoms with Crippen molar-refractivity contribution < 1.29 is 4.79 Å². The van der Waals surface area contributed by atoms with Crippen LogP contribution in [0.2, 0.25) is 0 Å². The fourth-order valence-corrected chi connectivity index (χ4v) is 3.42. The van der Waals surface area contributed by atoms with Gasteiger partial charge in [0, 0.05) is 26.7 Å². The zero-order valence-electron chi connectivity index (χ0n) is 16.8. The quantitative estimate of drug-likeness (QED) is 0.392. The van der Waals surface area contributed by atoms with Crippen molar-refractivity contribution in [1.29, 1.82) is 0 Å². The Kier molecular flexibility index (Phi) is 8.29. The van der Waals surface area contributed by atoms with E-state index in [1.165, 1.54) is 27.8 Å². The Labute approximate surface area is 184 Å². The topological polar surface area (TPSA) is 56.7 Å². The number of halogens is 1. The average molecular weight is 492 g/mol. The lowest BCUT2D eigenvalue weighted by atomic mass is 10.00. The Morgan fingerprint density at radius 2 is 1.86 bits per heavy atom. The Bertz CT molecular complexity index is 850. The smallest absolute Gasteiger partial charge is 0.242 e. The van der Waals surface area contributed by atoms with Crippen molar-refractivity contribution in [3.8, 4) is 0 Å². The molecule has 150 valence electrons. The van der Waals surface area contributed by atoms with Crippen molar-refractivity contribution >= 4 is 35.8 Å². The molecule has 1 amide bonds. The molecule has 0 atom stereocenters. The minimum Gasteiger partial charge on any atom is -0.352 e. The minimum atomic E-state index is 0. The summed E-state index contributed by atoms with van der Waals surface area (Å²) in [6, 6.07) is 14.7. The summed E-state index contributed by atoms with van der Waals surface area (Å²) in [4.78, 5) is 18.7. The third-order valence-electron chi connectivity index (χ3n) is 5.06. The van der Waals surface area contributed by atoms with Crippen LogP contribution in [0.4, 0.5) is 0 Å². The number of guanidine groups is 1. The number of aliphatic imine (C=N–C) groups is 1. The van der Waals surface area contributed by atoms with Crippen LogP contribution in [0.25, 0.3) is 0 Å². The van der Waals surface area contributed by atoms with E-state index in [4.69, 9.17) is 0 Å². The average Bonchev–Trinajstić information content (AvgIpc) is 2.68. The molecule has 0 aliphatic carbocycles.